The molecule has 33 heavy (non-hydrogen) atoms. The number of hydrogen-bond donors (Lipinski definition) is 9. The summed E-state index contributed by atoms with van der Waals surface area (Å²) in [7, 11) is 0. The van der Waals surface area contributed by atoms with Crippen molar-refractivity contribution >= 4 is 29.7 Å². The van der Waals surface area contributed by atoms with Crippen LogP contribution < -0.4 is 21.7 Å². The number of aromatic amines is 1. The molecule has 0 aliphatic heterocycles. The number of aliphatic hydroxyl groups is 2. The Morgan fingerprint density at radius 2 is 1.70 bits per heavy atom. The van der Waals surface area contributed by atoms with Gasteiger partial charge in [-0.3, -0.25) is 19.2 Å². The maximum Gasteiger partial charge on any atom is 0.326 e. The van der Waals surface area contributed by atoms with Crippen LogP contribution in [0.1, 0.15) is 25.5 Å². The van der Waals surface area contributed by atoms with E-state index in [0.29, 0.717) is 5.69 Å². The number of carboxylic acid groups (broad SMARTS) is 2. The maximum atomic E-state index is 12.8. The second kappa shape index (κ2) is 13.1. The summed E-state index contributed by atoms with van der Waals surface area (Å²) in [5.41, 5.74) is 5.89. The van der Waals surface area contributed by atoms with Crippen LogP contribution >= 0.6 is 0 Å². The van der Waals surface area contributed by atoms with Crippen molar-refractivity contribution in [3.63, 3.8) is 0 Å². The lowest BCUT2D eigenvalue weighted by atomic mass is 10.1. The van der Waals surface area contributed by atoms with Gasteiger partial charge in [0.1, 0.15) is 24.2 Å². The van der Waals surface area contributed by atoms with Gasteiger partial charge in [-0.05, 0) is 13.3 Å². The van der Waals surface area contributed by atoms with Crippen LogP contribution in [0.25, 0.3) is 0 Å². The normalized spacial score (nSPS) is 15.4. The molecular weight excluding hydrogens is 444 g/mol. The highest BCUT2D eigenvalue weighted by atomic mass is 16.4. The molecule has 1 rings (SSSR count). The first-order valence-electron chi connectivity index (χ1n) is 9.83. The fourth-order valence-corrected chi connectivity index (χ4v) is 2.63. The van der Waals surface area contributed by atoms with Gasteiger partial charge in [-0.15, -0.1) is 0 Å². The number of imidazole rings is 1. The Kier molecular flexibility index (Phi) is 10.9. The van der Waals surface area contributed by atoms with E-state index in [0.717, 1.165) is 0 Å². The van der Waals surface area contributed by atoms with Crippen LogP contribution in [0, 0.1) is 0 Å². The first-order chi connectivity index (χ1) is 15.5. The Labute approximate surface area is 187 Å². The number of H-pyrrole nitrogens is 1. The van der Waals surface area contributed by atoms with E-state index in [1.165, 1.54) is 19.4 Å². The number of hydrogen-bond acceptors (Lipinski definition) is 9. The van der Waals surface area contributed by atoms with Crippen molar-refractivity contribution < 1.29 is 44.4 Å². The SMILES string of the molecule is CC(O)C(NC(=O)C(Cc1cnc[nH]1)NC(=O)C(N)CO)C(=O)NC(CCC(=O)O)C(=O)O. The minimum atomic E-state index is -1.63. The third-order valence-electron chi connectivity index (χ3n) is 4.47. The van der Waals surface area contributed by atoms with Crippen LogP contribution in [0.4, 0.5) is 0 Å². The third-order valence-corrected chi connectivity index (χ3v) is 4.47. The summed E-state index contributed by atoms with van der Waals surface area (Å²) < 4.78 is 0. The second-order valence-corrected chi connectivity index (χ2v) is 7.19. The van der Waals surface area contributed by atoms with Crippen LogP contribution in [0.2, 0.25) is 0 Å². The number of nitrogens with one attached hydrogen (secondary N) is 4. The van der Waals surface area contributed by atoms with Crippen molar-refractivity contribution in [3.8, 4) is 0 Å². The predicted molar refractivity (Wildman–Crippen MR) is 109 cm³/mol. The monoisotopic (exact) mass is 472 g/mol. The molecule has 0 fully saturated rings. The first-order valence-corrected chi connectivity index (χ1v) is 9.83. The predicted octanol–water partition coefficient (Wildman–Crippen LogP) is -3.94. The van der Waals surface area contributed by atoms with Crippen molar-refractivity contribution in [2.75, 3.05) is 6.61 Å². The molecule has 0 bridgehead atoms. The van der Waals surface area contributed by atoms with Crippen LogP contribution in [0.15, 0.2) is 12.5 Å². The van der Waals surface area contributed by atoms with Crippen molar-refractivity contribution in [2.24, 2.45) is 5.73 Å². The fraction of sp³-hybridized carbons (Fsp3) is 0.556. The van der Waals surface area contributed by atoms with Gasteiger partial charge in [-0.1, -0.05) is 0 Å². The summed E-state index contributed by atoms with van der Waals surface area (Å²) in [4.78, 5) is 66.0. The molecule has 1 aromatic heterocycles. The van der Waals surface area contributed by atoms with Crippen molar-refractivity contribution in [1.29, 1.82) is 0 Å². The average Bonchev–Trinajstić information content (AvgIpc) is 3.25. The van der Waals surface area contributed by atoms with E-state index in [4.69, 9.17) is 15.9 Å². The average molecular weight is 472 g/mol. The summed E-state index contributed by atoms with van der Waals surface area (Å²) in [6.45, 7) is 0.484. The lowest BCUT2D eigenvalue weighted by Gasteiger charge is -2.26. The molecule has 0 saturated carbocycles. The number of amides is 3. The second-order valence-electron chi connectivity index (χ2n) is 7.19. The van der Waals surface area contributed by atoms with E-state index in [1.54, 1.807) is 0 Å². The summed E-state index contributed by atoms with van der Waals surface area (Å²) in [5, 5.41) is 43.6. The molecule has 0 saturated heterocycles. The van der Waals surface area contributed by atoms with E-state index in [2.05, 4.69) is 25.9 Å². The zero-order valence-electron chi connectivity index (χ0n) is 17.7. The minimum absolute atomic E-state index is 0.111. The molecule has 15 nitrogen and oxygen atoms in total. The summed E-state index contributed by atoms with van der Waals surface area (Å²) in [6, 6.07) is -5.82. The Balaban J connectivity index is 2.98. The number of nitrogens with two attached hydrogens (primary N) is 1. The number of rotatable bonds is 14. The highest BCUT2D eigenvalue weighted by Crippen LogP contribution is 2.04. The van der Waals surface area contributed by atoms with Gasteiger partial charge in [0.15, 0.2) is 0 Å². The van der Waals surface area contributed by atoms with Gasteiger partial charge < -0.3 is 47.1 Å². The molecule has 1 heterocycles. The summed E-state index contributed by atoms with van der Waals surface area (Å²) in [6.07, 6.45) is 0.171. The van der Waals surface area contributed by atoms with Gasteiger partial charge in [0.25, 0.3) is 0 Å². The molecule has 0 aliphatic rings. The Hall–Kier alpha value is -3.56. The quantitative estimate of drug-likeness (QED) is 0.126. The molecule has 3 amide bonds. The van der Waals surface area contributed by atoms with Crippen molar-refractivity contribution in [1.82, 2.24) is 25.9 Å². The highest BCUT2D eigenvalue weighted by Gasteiger charge is 2.33. The molecule has 0 aliphatic carbocycles. The number of aliphatic carboxylic acids is 2. The molecule has 0 aromatic carbocycles. The van der Waals surface area contributed by atoms with E-state index in [-0.39, 0.29) is 6.42 Å². The van der Waals surface area contributed by atoms with E-state index in [9.17, 15) is 34.2 Å². The lowest BCUT2D eigenvalue weighted by Crippen LogP contribution is -2.60. The van der Waals surface area contributed by atoms with Crippen LogP contribution in [-0.2, 0) is 30.4 Å². The van der Waals surface area contributed by atoms with Gasteiger partial charge in [0, 0.05) is 24.7 Å². The van der Waals surface area contributed by atoms with Crippen molar-refractivity contribution in [2.45, 2.75) is 56.5 Å². The zero-order valence-corrected chi connectivity index (χ0v) is 17.7. The molecule has 15 heteroatoms. The topological polar surface area (TPSA) is 257 Å². The van der Waals surface area contributed by atoms with Gasteiger partial charge in [0.05, 0.1) is 19.0 Å². The number of aliphatic hydroxyl groups excluding tert-OH is 2. The largest absolute Gasteiger partial charge is 0.481 e. The van der Waals surface area contributed by atoms with Gasteiger partial charge in [-0.25, -0.2) is 9.78 Å². The Morgan fingerprint density at radius 1 is 1.06 bits per heavy atom. The summed E-state index contributed by atoms with van der Waals surface area (Å²) >= 11 is 0. The van der Waals surface area contributed by atoms with E-state index >= 15 is 0 Å². The summed E-state index contributed by atoms with van der Waals surface area (Å²) in [5.74, 6) is -5.61. The molecule has 5 unspecified atom stereocenters. The molecule has 1 aromatic rings. The van der Waals surface area contributed by atoms with Crippen molar-refractivity contribution in [3.05, 3.63) is 18.2 Å². The maximum absolute atomic E-state index is 12.8. The fourth-order valence-electron chi connectivity index (χ4n) is 2.63. The standard InChI is InChI=1S/C18H28N6O9/c1-8(26)14(17(31)22-11(18(32)33)2-3-13(27)28)24-16(30)12(4-9-5-20-7-21-9)23-15(29)10(19)6-25/h5,7-8,10-12,14,25-26H,2-4,6,19H2,1H3,(H,20,21)(H,22,31)(H,23,29)(H,24,30)(H,27,28)(H,32,33). The van der Waals surface area contributed by atoms with E-state index in [1.807, 2.05) is 0 Å². The third kappa shape index (κ3) is 9.22. The van der Waals surface area contributed by atoms with Gasteiger partial charge in [0.2, 0.25) is 17.7 Å². The van der Waals surface area contributed by atoms with Gasteiger partial charge in [-0.2, -0.15) is 0 Å². The first kappa shape index (κ1) is 27.5. The molecular formula is C18H28N6O9. The highest BCUT2D eigenvalue weighted by molar-refractivity contribution is 5.94. The van der Waals surface area contributed by atoms with Crippen LogP contribution in [-0.4, -0.2) is 96.9 Å². The number of carbonyl (C=O) groups excluding carboxylic acids is 3. The Morgan fingerprint density at radius 3 is 2.18 bits per heavy atom. The molecule has 10 N–H and O–H groups in total. The van der Waals surface area contributed by atoms with Gasteiger partial charge >= 0.3 is 11.9 Å². The number of nitrogens with zero attached hydrogens (tertiary/aromatic N) is 1. The van der Waals surface area contributed by atoms with Crippen LogP contribution in [0.5, 0.6) is 0 Å². The molecule has 5 atom stereocenters. The zero-order chi connectivity index (χ0) is 25.1. The number of carboxylic acids is 2. The smallest absolute Gasteiger partial charge is 0.326 e. The molecule has 0 radical (unpaired) electrons. The lowest BCUT2D eigenvalue weighted by molar-refractivity contribution is -0.144. The molecule has 184 valence electrons. The number of aromatic nitrogens is 2. The molecule has 0 spiro atoms. The number of carbonyl (C=O) groups is 5. The van der Waals surface area contributed by atoms with Crippen LogP contribution in [0.3, 0.4) is 0 Å². The Bertz CT molecular complexity index is 829. The minimum Gasteiger partial charge on any atom is -0.481 e. The van der Waals surface area contributed by atoms with E-state index < -0.39 is 79.4 Å².